The van der Waals surface area contributed by atoms with Crippen LogP contribution < -0.4 is 5.56 Å². The Balaban J connectivity index is 2.24. The summed E-state index contributed by atoms with van der Waals surface area (Å²) in [4.78, 5) is 19.3. The van der Waals surface area contributed by atoms with Crippen molar-refractivity contribution in [2.75, 3.05) is 0 Å². The number of aromatic nitrogens is 2. The van der Waals surface area contributed by atoms with E-state index in [9.17, 15) is 4.79 Å². The van der Waals surface area contributed by atoms with Crippen molar-refractivity contribution in [1.29, 1.82) is 0 Å². The van der Waals surface area contributed by atoms with E-state index < -0.39 is 0 Å². The zero-order valence-corrected chi connectivity index (χ0v) is 12.0. The van der Waals surface area contributed by atoms with Crippen molar-refractivity contribution in [3.63, 3.8) is 0 Å². The smallest absolute Gasteiger partial charge is 0.259 e. The van der Waals surface area contributed by atoms with Crippen LogP contribution in [0.3, 0.4) is 0 Å². The highest BCUT2D eigenvalue weighted by Crippen LogP contribution is 2.20. The Labute approximate surface area is 122 Å². The van der Waals surface area contributed by atoms with E-state index in [1.54, 1.807) is 18.2 Å². The molecular weight excluding hydrogens is 328 g/mol. The Hall–Kier alpha value is -1.65. The number of nitrogens with one attached hydrogen (secondary N) is 1. The fourth-order valence-corrected chi connectivity index (χ4v) is 2.34. The molecule has 0 aliphatic carbocycles. The van der Waals surface area contributed by atoms with E-state index in [4.69, 9.17) is 11.6 Å². The van der Waals surface area contributed by atoms with Gasteiger partial charge in [0.2, 0.25) is 0 Å². The molecule has 94 valence electrons. The minimum Gasteiger partial charge on any atom is -0.306 e. The Morgan fingerprint density at radius 3 is 2.58 bits per heavy atom. The lowest BCUT2D eigenvalue weighted by Gasteiger charge is -2.03. The molecule has 3 nitrogen and oxygen atoms in total. The molecule has 3 aromatic rings. The Bertz CT molecular complexity index is 812. The van der Waals surface area contributed by atoms with Gasteiger partial charge < -0.3 is 4.98 Å². The predicted molar refractivity (Wildman–Crippen MR) is 80.5 cm³/mol. The second-order valence-corrected chi connectivity index (χ2v) is 5.44. The van der Waals surface area contributed by atoms with E-state index in [1.807, 2.05) is 24.3 Å². The quantitative estimate of drug-likeness (QED) is 0.730. The third-order valence-electron chi connectivity index (χ3n) is 2.79. The van der Waals surface area contributed by atoms with Crippen LogP contribution in [0.1, 0.15) is 0 Å². The standard InChI is InChI=1S/C14H8BrClN2O/c15-9-3-6-12-11(7-9)14(19)18-13(17-12)8-1-4-10(16)5-2-8/h1-7H,(H,17,18,19). The third kappa shape index (κ3) is 2.41. The van der Waals surface area contributed by atoms with Crippen LogP contribution in [0, 0.1) is 0 Å². The first-order valence-electron chi connectivity index (χ1n) is 5.59. The Morgan fingerprint density at radius 2 is 1.84 bits per heavy atom. The summed E-state index contributed by atoms with van der Waals surface area (Å²) < 4.78 is 0.853. The zero-order valence-electron chi connectivity index (χ0n) is 9.65. The molecule has 0 aliphatic heterocycles. The maximum Gasteiger partial charge on any atom is 0.259 e. The van der Waals surface area contributed by atoms with Crippen molar-refractivity contribution in [3.05, 3.63) is 62.3 Å². The molecule has 0 aliphatic rings. The minimum atomic E-state index is -0.156. The maximum atomic E-state index is 12.0. The van der Waals surface area contributed by atoms with E-state index in [0.717, 1.165) is 10.0 Å². The van der Waals surface area contributed by atoms with Gasteiger partial charge in [0.05, 0.1) is 10.9 Å². The second-order valence-electron chi connectivity index (χ2n) is 4.08. The van der Waals surface area contributed by atoms with E-state index in [-0.39, 0.29) is 5.56 Å². The van der Waals surface area contributed by atoms with Crippen LogP contribution in [0.25, 0.3) is 22.3 Å². The van der Waals surface area contributed by atoms with Crippen molar-refractivity contribution in [3.8, 4) is 11.4 Å². The first-order valence-corrected chi connectivity index (χ1v) is 6.76. The Kier molecular flexibility index (Phi) is 3.12. The summed E-state index contributed by atoms with van der Waals surface area (Å²) in [6.07, 6.45) is 0. The summed E-state index contributed by atoms with van der Waals surface area (Å²) in [5.41, 5.74) is 1.33. The average Bonchev–Trinajstić information content (AvgIpc) is 2.40. The summed E-state index contributed by atoms with van der Waals surface area (Å²) in [6, 6.07) is 12.6. The lowest BCUT2D eigenvalue weighted by Crippen LogP contribution is -2.09. The largest absolute Gasteiger partial charge is 0.306 e. The molecule has 0 atom stereocenters. The number of aromatic amines is 1. The fraction of sp³-hybridized carbons (Fsp3) is 0. The second kappa shape index (κ2) is 4.79. The number of fused-ring (bicyclic) bond motifs is 1. The van der Waals surface area contributed by atoms with Crippen LogP contribution in [0.5, 0.6) is 0 Å². The molecule has 1 heterocycles. The maximum absolute atomic E-state index is 12.0. The fourth-order valence-electron chi connectivity index (χ4n) is 1.86. The number of benzene rings is 2. The molecule has 0 bridgehead atoms. The molecule has 2 aromatic carbocycles. The summed E-state index contributed by atoms with van der Waals surface area (Å²) >= 11 is 9.19. The number of rotatable bonds is 1. The van der Waals surface area contributed by atoms with Crippen molar-refractivity contribution in [2.24, 2.45) is 0 Å². The zero-order chi connectivity index (χ0) is 13.4. The lowest BCUT2D eigenvalue weighted by atomic mass is 10.2. The summed E-state index contributed by atoms with van der Waals surface area (Å²) in [5, 5.41) is 1.21. The van der Waals surface area contributed by atoms with Crippen LogP contribution in [0.15, 0.2) is 51.7 Å². The first-order chi connectivity index (χ1) is 9.13. The van der Waals surface area contributed by atoms with Gasteiger partial charge in [-0.1, -0.05) is 27.5 Å². The molecule has 5 heteroatoms. The molecular formula is C14H8BrClN2O. The average molecular weight is 336 g/mol. The van der Waals surface area contributed by atoms with Gasteiger partial charge in [0.1, 0.15) is 5.82 Å². The van der Waals surface area contributed by atoms with Crippen LogP contribution in [0.2, 0.25) is 5.02 Å². The van der Waals surface area contributed by atoms with Gasteiger partial charge in [-0.3, -0.25) is 4.79 Å². The molecule has 1 N–H and O–H groups in total. The van der Waals surface area contributed by atoms with Gasteiger partial charge in [-0.05, 0) is 42.5 Å². The van der Waals surface area contributed by atoms with Gasteiger partial charge in [-0.25, -0.2) is 4.98 Å². The highest BCUT2D eigenvalue weighted by atomic mass is 79.9. The van der Waals surface area contributed by atoms with Crippen LogP contribution >= 0.6 is 27.5 Å². The van der Waals surface area contributed by atoms with Crippen LogP contribution in [-0.4, -0.2) is 9.97 Å². The molecule has 0 spiro atoms. The van der Waals surface area contributed by atoms with Crippen molar-refractivity contribution >= 4 is 38.4 Å². The normalized spacial score (nSPS) is 10.8. The van der Waals surface area contributed by atoms with Crippen LogP contribution in [0.4, 0.5) is 0 Å². The van der Waals surface area contributed by atoms with Crippen molar-refractivity contribution < 1.29 is 0 Å². The van der Waals surface area contributed by atoms with Crippen LogP contribution in [-0.2, 0) is 0 Å². The van der Waals surface area contributed by atoms with E-state index >= 15 is 0 Å². The molecule has 0 fully saturated rings. The number of H-pyrrole nitrogens is 1. The monoisotopic (exact) mass is 334 g/mol. The van der Waals surface area contributed by atoms with E-state index in [1.165, 1.54) is 0 Å². The predicted octanol–water partition coefficient (Wildman–Crippen LogP) is 4.01. The van der Waals surface area contributed by atoms with E-state index in [0.29, 0.717) is 21.7 Å². The molecule has 19 heavy (non-hydrogen) atoms. The van der Waals surface area contributed by atoms with Gasteiger partial charge in [-0.2, -0.15) is 0 Å². The van der Waals surface area contributed by atoms with Gasteiger partial charge in [0, 0.05) is 15.1 Å². The summed E-state index contributed by atoms with van der Waals surface area (Å²) in [5.74, 6) is 0.538. The number of hydrogen-bond donors (Lipinski definition) is 1. The number of nitrogens with zero attached hydrogens (tertiary/aromatic N) is 1. The van der Waals surface area contributed by atoms with Gasteiger partial charge in [0.25, 0.3) is 5.56 Å². The lowest BCUT2D eigenvalue weighted by molar-refractivity contribution is 1.18. The third-order valence-corrected chi connectivity index (χ3v) is 3.53. The molecule has 3 rings (SSSR count). The summed E-state index contributed by atoms with van der Waals surface area (Å²) in [6.45, 7) is 0. The van der Waals surface area contributed by atoms with Gasteiger partial charge in [-0.15, -0.1) is 0 Å². The topological polar surface area (TPSA) is 45.8 Å². The highest BCUT2D eigenvalue weighted by molar-refractivity contribution is 9.10. The highest BCUT2D eigenvalue weighted by Gasteiger charge is 2.06. The molecule has 0 saturated carbocycles. The SMILES string of the molecule is O=c1[nH]c(-c2ccc(Cl)cc2)nc2ccc(Br)cc12. The molecule has 1 aromatic heterocycles. The van der Waals surface area contributed by atoms with E-state index in [2.05, 4.69) is 25.9 Å². The Morgan fingerprint density at radius 1 is 1.11 bits per heavy atom. The number of hydrogen-bond acceptors (Lipinski definition) is 2. The molecule has 0 radical (unpaired) electrons. The van der Waals surface area contributed by atoms with Gasteiger partial charge in [0.15, 0.2) is 0 Å². The molecule has 0 saturated heterocycles. The number of halogens is 2. The first kappa shape index (κ1) is 12.4. The molecule has 0 amide bonds. The molecule has 0 unspecified atom stereocenters. The summed E-state index contributed by atoms with van der Waals surface area (Å²) in [7, 11) is 0. The van der Waals surface area contributed by atoms with Crippen molar-refractivity contribution in [2.45, 2.75) is 0 Å². The van der Waals surface area contributed by atoms with Gasteiger partial charge >= 0.3 is 0 Å². The minimum absolute atomic E-state index is 0.156. The van der Waals surface area contributed by atoms with Crippen molar-refractivity contribution in [1.82, 2.24) is 9.97 Å².